The average Bonchev–Trinajstić information content (AvgIpc) is 2.21. The van der Waals surface area contributed by atoms with Crippen LogP contribution in [0.4, 0.5) is 5.95 Å². The summed E-state index contributed by atoms with van der Waals surface area (Å²) in [5, 5.41) is 8.59. The Hall–Kier alpha value is -1.69. The molecule has 0 amide bonds. The van der Waals surface area contributed by atoms with Gasteiger partial charge in [-0.1, -0.05) is 0 Å². The van der Waals surface area contributed by atoms with Crippen LogP contribution in [0.15, 0.2) is 6.07 Å². The highest BCUT2D eigenvalue weighted by Crippen LogP contribution is 2.28. The number of carboxylic acid groups (broad SMARTS) is 1. The molecule has 0 unspecified atom stereocenters. The van der Waals surface area contributed by atoms with Crippen molar-refractivity contribution in [2.45, 2.75) is 26.4 Å². The van der Waals surface area contributed by atoms with E-state index in [1.807, 2.05) is 31.7 Å². The van der Waals surface area contributed by atoms with Crippen molar-refractivity contribution in [2.24, 2.45) is 0 Å². The van der Waals surface area contributed by atoms with E-state index < -0.39 is 11.6 Å². The maximum absolute atomic E-state index is 10.5. The molecule has 1 aromatic rings. The van der Waals surface area contributed by atoms with Gasteiger partial charge in [0.2, 0.25) is 5.95 Å². The molecular formula is C12H17N3O3. The van der Waals surface area contributed by atoms with Crippen molar-refractivity contribution in [3.8, 4) is 0 Å². The predicted octanol–water partition coefficient (Wildman–Crippen LogP) is 0.773. The smallest absolute Gasteiger partial charge is 0.329 e. The van der Waals surface area contributed by atoms with E-state index in [-0.39, 0.29) is 6.61 Å². The number of carboxylic acids is 1. The molecule has 0 spiro atoms. The molecule has 1 saturated heterocycles. The number of aromatic nitrogens is 2. The monoisotopic (exact) mass is 251 g/mol. The molecule has 0 aromatic carbocycles. The van der Waals surface area contributed by atoms with Crippen LogP contribution in [0.25, 0.3) is 0 Å². The molecule has 6 nitrogen and oxygen atoms in total. The van der Waals surface area contributed by atoms with Gasteiger partial charge in [-0.2, -0.15) is 0 Å². The van der Waals surface area contributed by atoms with Gasteiger partial charge in [0.05, 0.1) is 13.1 Å². The van der Waals surface area contributed by atoms with Crippen LogP contribution in [-0.4, -0.2) is 46.3 Å². The van der Waals surface area contributed by atoms with E-state index in [0.29, 0.717) is 19.0 Å². The Morgan fingerprint density at radius 3 is 2.50 bits per heavy atom. The Labute approximate surface area is 106 Å². The molecule has 18 heavy (non-hydrogen) atoms. The van der Waals surface area contributed by atoms with E-state index in [0.717, 1.165) is 11.4 Å². The number of rotatable bonds is 4. The second-order valence-electron chi connectivity index (χ2n) is 4.94. The maximum Gasteiger partial charge on any atom is 0.329 e. The molecule has 1 N–H and O–H groups in total. The lowest BCUT2D eigenvalue weighted by molar-refractivity contribution is -0.150. The first-order valence-corrected chi connectivity index (χ1v) is 5.81. The van der Waals surface area contributed by atoms with E-state index >= 15 is 0 Å². The van der Waals surface area contributed by atoms with E-state index in [2.05, 4.69) is 9.97 Å². The van der Waals surface area contributed by atoms with Crippen molar-refractivity contribution in [3.05, 3.63) is 17.5 Å². The number of hydrogen-bond acceptors (Lipinski definition) is 5. The van der Waals surface area contributed by atoms with E-state index in [4.69, 9.17) is 9.84 Å². The van der Waals surface area contributed by atoms with Gasteiger partial charge in [-0.05, 0) is 26.8 Å². The Morgan fingerprint density at radius 2 is 2.00 bits per heavy atom. The number of hydrogen-bond donors (Lipinski definition) is 1. The molecule has 0 saturated carbocycles. The molecule has 0 radical (unpaired) electrons. The van der Waals surface area contributed by atoms with Gasteiger partial charge in [-0.3, -0.25) is 0 Å². The normalized spacial score (nSPS) is 17.4. The zero-order valence-corrected chi connectivity index (χ0v) is 10.8. The second-order valence-corrected chi connectivity index (χ2v) is 4.94. The minimum absolute atomic E-state index is 0.266. The van der Waals surface area contributed by atoms with Crippen molar-refractivity contribution in [1.82, 2.24) is 9.97 Å². The fourth-order valence-electron chi connectivity index (χ4n) is 2.08. The van der Waals surface area contributed by atoms with E-state index in [1.165, 1.54) is 0 Å². The molecule has 1 aromatic heterocycles. The lowest BCUT2D eigenvalue weighted by atomic mass is 9.97. The lowest BCUT2D eigenvalue weighted by Crippen LogP contribution is -2.62. The van der Waals surface area contributed by atoms with Crippen molar-refractivity contribution in [3.63, 3.8) is 0 Å². The third kappa shape index (κ3) is 2.76. The van der Waals surface area contributed by atoms with Crippen molar-refractivity contribution in [1.29, 1.82) is 0 Å². The van der Waals surface area contributed by atoms with Crippen molar-refractivity contribution in [2.75, 3.05) is 24.6 Å². The third-order valence-electron chi connectivity index (χ3n) is 2.85. The second kappa shape index (κ2) is 4.53. The van der Waals surface area contributed by atoms with Crippen LogP contribution in [0, 0.1) is 13.8 Å². The fraction of sp³-hybridized carbons (Fsp3) is 0.583. The Kier molecular flexibility index (Phi) is 3.21. The molecule has 1 aliphatic rings. The van der Waals surface area contributed by atoms with Crippen molar-refractivity contribution < 1.29 is 14.6 Å². The summed E-state index contributed by atoms with van der Waals surface area (Å²) >= 11 is 0. The Bertz CT molecular complexity index is 449. The van der Waals surface area contributed by atoms with Crippen LogP contribution in [0.1, 0.15) is 18.3 Å². The van der Waals surface area contributed by atoms with Crippen LogP contribution >= 0.6 is 0 Å². The van der Waals surface area contributed by atoms with Crippen LogP contribution < -0.4 is 4.90 Å². The highest BCUT2D eigenvalue weighted by Gasteiger charge is 2.41. The zero-order valence-electron chi connectivity index (χ0n) is 10.8. The summed E-state index contributed by atoms with van der Waals surface area (Å²) in [6, 6.07) is 1.92. The number of aliphatic carboxylic acids is 1. The summed E-state index contributed by atoms with van der Waals surface area (Å²) in [7, 11) is 0. The predicted molar refractivity (Wildman–Crippen MR) is 65.7 cm³/mol. The van der Waals surface area contributed by atoms with Gasteiger partial charge >= 0.3 is 5.97 Å². The molecule has 0 bridgehead atoms. The number of anilines is 1. The van der Waals surface area contributed by atoms with Gasteiger partial charge in [-0.25, -0.2) is 14.8 Å². The van der Waals surface area contributed by atoms with Crippen LogP contribution in [-0.2, 0) is 9.53 Å². The summed E-state index contributed by atoms with van der Waals surface area (Å²) < 4.78 is 5.34. The maximum atomic E-state index is 10.5. The third-order valence-corrected chi connectivity index (χ3v) is 2.85. The SMILES string of the molecule is Cc1cc(C)nc(N2CC(C)(OCC(=O)O)C2)n1. The molecule has 1 aliphatic heterocycles. The summed E-state index contributed by atoms with van der Waals surface area (Å²) in [6.07, 6.45) is 0. The quantitative estimate of drug-likeness (QED) is 0.852. The average molecular weight is 251 g/mol. The molecule has 0 atom stereocenters. The first-order chi connectivity index (χ1) is 8.38. The molecule has 0 aliphatic carbocycles. The summed E-state index contributed by atoms with van der Waals surface area (Å²) in [5.41, 5.74) is 1.44. The first kappa shape index (κ1) is 12.8. The van der Waals surface area contributed by atoms with Crippen LogP contribution in [0.5, 0.6) is 0 Å². The minimum Gasteiger partial charge on any atom is -0.480 e. The molecule has 2 heterocycles. The lowest BCUT2D eigenvalue weighted by Gasteiger charge is -2.47. The first-order valence-electron chi connectivity index (χ1n) is 5.81. The highest BCUT2D eigenvalue weighted by atomic mass is 16.5. The topological polar surface area (TPSA) is 75.6 Å². The number of nitrogens with zero attached hydrogens (tertiary/aromatic N) is 3. The van der Waals surface area contributed by atoms with Gasteiger partial charge in [0.25, 0.3) is 0 Å². The number of carbonyl (C=O) groups is 1. The van der Waals surface area contributed by atoms with Crippen molar-refractivity contribution >= 4 is 11.9 Å². The van der Waals surface area contributed by atoms with Gasteiger partial charge in [0, 0.05) is 11.4 Å². The van der Waals surface area contributed by atoms with Gasteiger partial charge in [0.15, 0.2) is 0 Å². The molecule has 98 valence electrons. The van der Waals surface area contributed by atoms with Gasteiger partial charge in [0.1, 0.15) is 12.2 Å². The summed E-state index contributed by atoms with van der Waals surface area (Å²) in [5.74, 6) is -0.263. The molecule has 2 rings (SSSR count). The zero-order chi connectivity index (χ0) is 13.3. The summed E-state index contributed by atoms with van der Waals surface area (Å²) in [4.78, 5) is 21.2. The summed E-state index contributed by atoms with van der Waals surface area (Å²) in [6.45, 7) is 6.72. The Morgan fingerprint density at radius 1 is 1.44 bits per heavy atom. The Balaban J connectivity index is 1.97. The van der Waals surface area contributed by atoms with E-state index in [1.54, 1.807) is 0 Å². The van der Waals surface area contributed by atoms with Gasteiger partial charge < -0.3 is 14.7 Å². The fourth-order valence-corrected chi connectivity index (χ4v) is 2.08. The largest absolute Gasteiger partial charge is 0.480 e. The number of ether oxygens (including phenoxy) is 1. The minimum atomic E-state index is -0.947. The van der Waals surface area contributed by atoms with Crippen LogP contribution in [0.3, 0.4) is 0 Å². The standard InChI is InChI=1S/C12H17N3O3/c1-8-4-9(2)14-11(13-8)15-6-12(3,7-15)18-5-10(16)17/h4H,5-7H2,1-3H3,(H,16,17). The molecule has 1 fully saturated rings. The van der Waals surface area contributed by atoms with E-state index in [9.17, 15) is 4.79 Å². The van der Waals surface area contributed by atoms with Crippen LogP contribution in [0.2, 0.25) is 0 Å². The molecular weight excluding hydrogens is 234 g/mol. The number of aryl methyl sites for hydroxylation is 2. The molecule has 6 heteroatoms. The van der Waals surface area contributed by atoms with Gasteiger partial charge in [-0.15, -0.1) is 0 Å². The highest BCUT2D eigenvalue weighted by molar-refractivity contribution is 5.68.